The van der Waals surface area contributed by atoms with E-state index < -0.39 is 5.97 Å². The summed E-state index contributed by atoms with van der Waals surface area (Å²) in [5.41, 5.74) is 0.708. The van der Waals surface area contributed by atoms with E-state index in [2.05, 4.69) is 10.2 Å². The Morgan fingerprint density at radius 2 is 2.21 bits per heavy atom. The van der Waals surface area contributed by atoms with E-state index in [1.807, 2.05) is 18.5 Å². The molecule has 6 nitrogen and oxygen atoms in total. The highest BCUT2D eigenvalue weighted by atomic mass is 16.5. The molecule has 0 atom stereocenters. The lowest BCUT2D eigenvalue weighted by atomic mass is 10.1. The summed E-state index contributed by atoms with van der Waals surface area (Å²) in [4.78, 5) is 10.6. The average Bonchev–Trinajstić information content (AvgIpc) is 2.67. The van der Waals surface area contributed by atoms with E-state index in [1.165, 1.54) is 0 Å². The molecule has 0 saturated heterocycles. The molecule has 0 aliphatic heterocycles. The van der Waals surface area contributed by atoms with E-state index in [0.717, 1.165) is 11.6 Å². The van der Waals surface area contributed by atoms with Crippen molar-refractivity contribution < 1.29 is 14.6 Å². The molecule has 2 rings (SSSR count). The zero-order valence-electron chi connectivity index (χ0n) is 10.8. The van der Waals surface area contributed by atoms with Crippen LogP contribution in [0.3, 0.4) is 0 Å². The minimum Gasteiger partial charge on any atom is -0.486 e. The monoisotopic (exact) mass is 261 g/mol. The number of hydrogen-bond donors (Lipinski definition) is 1. The molecule has 0 unspecified atom stereocenters. The van der Waals surface area contributed by atoms with Crippen LogP contribution in [0.2, 0.25) is 0 Å². The quantitative estimate of drug-likeness (QED) is 0.878. The molecule has 2 aromatic rings. The lowest BCUT2D eigenvalue weighted by Crippen LogP contribution is -2.05. The van der Waals surface area contributed by atoms with Crippen LogP contribution >= 0.6 is 0 Å². The van der Waals surface area contributed by atoms with Crippen LogP contribution in [0.5, 0.6) is 5.75 Å². The van der Waals surface area contributed by atoms with Gasteiger partial charge in [0.2, 0.25) is 0 Å². The molecule has 0 saturated carbocycles. The minimum absolute atomic E-state index is 0.0136. The molecule has 1 aromatic heterocycles. The molecule has 1 heterocycles. The van der Waals surface area contributed by atoms with Gasteiger partial charge >= 0.3 is 5.97 Å². The van der Waals surface area contributed by atoms with E-state index in [4.69, 9.17) is 9.84 Å². The van der Waals surface area contributed by atoms with Crippen LogP contribution in [0.4, 0.5) is 0 Å². The average molecular weight is 261 g/mol. The number of aryl methyl sites for hydroxylation is 1. The highest BCUT2D eigenvalue weighted by molar-refractivity contribution is 5.70. The molecule has 0 bridgehead atoms. The maximum absolute atomic E-state index is 10.6. The Labute approximate surface area is 110 Å². The largest absolute Gasteiger partial charge is 0.486 e. The number of carboxylic acids is 1. The summed E-state index contributed by atoms with van der Waals surface area (Å²) in [6.45, 7) is 2.16. The van der Waals surface area contributed by atoms with Crippen molar-refractivity contribution in [3.05, 3.63) is 41.5 Å². The first-order valence-corrected chi connectivity index (χ1v) is 5.84. The highest BCUT2D eigenvalue weighted by Crippen LogP contribution is 2.15. The van der Waals surface area contributed by atoms with E-state index in [1.54, 1.807) is 24.3 Å². The molecular formula is C13H15N3O3. The summed E-state index contributed by atoms with van der Waals surface area (Å²) in [5.74, 6) is 1.31. The Hall–Kier alpha value is -2.37. The van der Waals surface area contributed by atoms with Gasteiger partial charge in [0.1, 0.15) is 18.2 Å². The predicted octanol–water partition coefficient (Wildman–Crippen LogP) is 1.33. The van der Waals surface area contributed by atoms with E-state index >= 15 is 0 Å². The lowest BCUT2D eigenvalue weighted by Gasteiger charge is -2.07. The zero-order valence-corrected chi connectivity index (χ0v) is 10.8. The van der Waals surface area contributed by atoms with Crippen molar-refractivity contribution >= 4 is 5.97 Å². The molecule has 100 valence electrons. The predicted molar refractivity (Wildman–Crippen MR) is 67.9 cm³/mol. The van der Waals surface area contributed by atoms with Crippen molar-refractivity contribution in [2.45, 2.75) is 20.0 Å². The van der Waals surface area contributed by atoms with Crippen LogP contribution in [0.25, 0.3) is 0 Å². The van der Waals surface area contributed by atoms with Crippen molar-refractivity contribution in [3.63, 3.8) is 0 Å². The van der Waals surface area contributed by atoms with E-state index in [9.17, 15) is 4.79 Å². The smallest absolute Gasteiger partial charge is 0.307 e. The lowest BCUT2D eigenvalue weighted by molar-refractivity contribution is -0.136. The summed E-state index contributed by atoms with van der Waals surface area (Å²) in [6, 6.07) is 7.04. The Kier molecular flexibility index (Phi) is 3.79. The van der Waals surface area contributed by atoms with Gasteiger partial charge in [0.25, 0.3) is 0 Å². The van der Waals surface area contributed by atoms with Gasteiger partial charge in [0.15, 0.2) is 5.82 Å². The molecule has 0 fully saturated rings. The van der Waals surface area contributed by atoms with Crippen LogP contribution in [-0.2, 0) is 24.9 Å². The number of rotatable bonds is 5. The minimum atomic E-state index is -0.860. The van der Waals surface area contributed by atoms with E-state index in [-0.39, 0.29) is 6.42 Å². The van der Waals surface area contributed by atoms with Crippen molar-refractivity contribution in [1.82, 2.24) is 14.8 Å². The first-order chi connectivity index (χ1) is 9.06. The number of aliphatic carboxylic acids is 1. The fraction of sp³-hybridized carbons (Fsp3) is 0.308. The first-order valence-electron chi connectivity index (χ1n) is 5.84. The van der Waals surface area contributed by atoms with Crippen molar-refractivity contribution in [3.8, 4) is 5.75 Å². The van der Waals surface area contributed by atoms with Crippen LogP contribution in [0.15, 0.2) is 24.3 Å². The topological polar surface area (TPSA) is 77.2 Å². The number of ether oxygens (including phenoxy) is 1. The van der Waals surface area contributed by atoms with Gasteiger partial charge in [0.05, 0.1) is 6.42 Å². The number of aromatic nitrogens is 3. The molecule has 0 radical (unpaired) electrons. The number of benzene rings is 1. The third-order valence-electron chi connectivity index (χ3n) is 2.80. The summed E-state index contributed by atoms with van der Waals surface area (Å²) in [5, 5.41) is 16.7. The Morgan fingerprint density at radius 3 is 2.84 bits per heavy atom. The molecule has 0 aliphatic rings. The standard InChI is InChI=1S/C13H15N3O3/c1-9-14-15-12(16(9)2)8-19-11-5-3-4-10(6-11)7-13(17)18/h3-6H,7-8H2,1-2H3,(H,17,18). The van der Waals surface area contributed by atoms with Crippen LogP contribution in [0, 0.1) is 6.92 Å². The molecule has 1 N–H and O–H groups in total. The van der Waals surface area contributed by atoms with Gasteiger partial charge < -0.3 is 14.4 Å². The molecule has 6 heteroatoms. The second-order valence-corrected chi connectivity index (χ2v) is 4.23. The number of carboxylic acid groups (broad SMARTS) is 1. The number of carbonyl (C=O) groups is 1. The number of nitrogens with zero attached hydrogens (tertiary/aromatic N) is 3. The Bertz CT molecular complexity index is 593. The summed E-state index contributed by atoms with van der Waals surface area (Å²) in [6.07, 6.45) is -0.0136. The molecule has 1 aromatic carbocycles. The highest BCUT2D eigenvalue weighted by Gasteiger charge is 2.06. The summed E-state index contributed by atoms with van der Waals surface area (Å²) >= 11 is 0. The van der Waals surface area contributed by atoms with Crippen molar-refractivity contribution in [2.75, 3.05) is 0 Å². The van der Waals surface area contributed by atoms with Gasteiger partial charge in [0, 0.05) is 7.05 Å². The normalized spacial score (nSPS) is 10.4. The maximum Gasteiger partial charge on any atom is 0.307 e. The second kappa shape index (κ2) is 5.51. The SMILES string of the molecule is Cc1nnc(COc2cccc(CC(=O)O)c2)n1C. The summed E-state index contributed by atoms with van der Waals surface area (Å²) < 4.78 is 7.44. The molecule has 19 heavy (non-hydrogen) atoms. The van der Waals surface area contributed by atoms with Crippen molar-refractivity contribution in [2.24, 2.45) is 7.05 Å². The van der Waals surface area contributed by atoms with E-state index in [0.29, 0.717) is 17.9 Å². The van der Waals surface area contributed by atoms with Gasteiger partial charge in [-0.05, 0) is 24.6 Å². The summed E-state index contributed by atoms with van der Waals surface area (Å²) in [7, 11) is 1.87. The van der Waals surface area contributed by atoms with Gasteiger partial charge in [-0.25, -0.2) is 0 Å². The molecule has 0 spiro atoms. The van der Waals surface area contributed by atoms with Crippen LogP contribution < -0.4 is 4.74 Å². The third-order valence-corrected chi connectivity index (χ3v) is 2.80. The maximum atomic E-state index is 10.6. The third kappa shape index (κ3) is 3.31. The first kappa shape index (κ1) is 13.1. The molecule has 0 aliphatic carbocycles. The van der Waals surface area contributed by atoms with Crippen LogP contribution in [-0.4, -0.2) is 25.8 Å². The zero-order chi connectivity index (χ0) is 13.8. The van der Waals surface area contributed by atoms with Gasteiger partial charge in [-0.3, -0.25) is 4.79 Å². The van der Waals surface area contributed by atoms with Gasteiger partial charge in [-0.2, -0.15) is 0 Å². The fourth-order valence-corrected chi connectivity index (χ4v) is 1.64. The van der Waals surface area contributed by atoms with Crippen LogP contribution in [0.1, 0.15) is 17.2 Å². The molecular weight excluding hydrogens is 246 g/mol. The number of hydrogen-bond acceptors (Lipinski definition) is 4. The van der Waals surface area contributed by atoms with Gasteiger partial charge in [-0.1, -0.05) is 12.1 Å². The Balaban J connectivity index is 2.03. The van der Waals surface area contributed by atoms with Crippen molar-refractivity contribution in [1.29, 1.82) is 0 Å². The fourth-order valence-electron chi connectivity index (χ4n) is 1.64. The second-order valence-electron chi connectivity index (χ2n) is 4.23. The Morgan fingerprint density at radius 1 is 1.42 bits per heavy atom. The molecule has 0 amide bonds. The van der Waals surface area contributed by atoms with Gasteiger partial charge in [-0.15, -0.1) is 10.2 Å².